The number of rotatable bonds is 7. The molecule has 9 heteroatoms. The molecule has 0 unspecified atom stereocenters. The first kappa shape index (κ1) is 19.5. The number of carbonyl (C=O) groups is 1. The van der Waals surface area contributed by atoms with Gasteiger partial charge in [-0.25, -0.2) is 9.97 Å². The number of nitrogens with one attached hydrogen (secondary N) is 2. The van der Waals surface area contributed by atoms with Crippen LogP contribution < -0.4 is 10.6 Å². The number of para-hydroxylation sites is 1. The summed E-state index contributed by atoms with van der Waals surface area (Å²) >= 11 is 1.57. The molecule has 0 radical (unpaired) electrons. The van der Waals surface area contributed by atoms with E-state index >= 15 is 0 Å². The minimum Gasteiger partial charge on any atom is -0.368 e. The van der Waals surface area contributed by atoms with Crippen LogP contribution in [-0.4, -0.2) is 33.9 Å². The molecule has 0 saturated heterocycles. The molecule has 0 aliphatic rings. The summed E-state index contributed by atoms with van der Waals surface area (Å²) in [6.45, 7) is 0.764. The van der Waals surface area contributed by atoms with Gasteiger partial charge in [0.1, 0.15) is 5.82 Å². The number of non-ortho nitro benzene ring substituents is 1. The minimum atomic E-state index is -0.524. The Balaban J connectivity index is 1.44. The van der Waals surface area contributed by atoms with E-state index in [0.717, 1.165) is 15.8 Å². The Morgan fingerprint density at radius 2 is 1.90 bits per heavy atom. The summed E-state index contributed by atoms with van der Waals surface area (Å²) in [5, 5.41) is 19.8. The zero-order chi connectivity index (χ0) is 20.9. The smallest absolute Gasteiger partial charge is 0.270 e. The van der Waals surface area contributed by atoms with Gasteiger partial charge in [0.25, 0.3) is 11.6 Å². The molecule has 2 N–H and O–H groups in total. The van der Waals surface area contributed by atoms with Gasteiger partial charge in [0.2, 0.25) is 0 Å². The average molecular weight is 419 g/mol. The van der Waals surface area contributed by atoms with Crippen LogP contribution in [0.5, 0.6) is 0 Å². The largest absolute Gasteiger partial charge is 0.368 e. The number of amides is 1. The van der Waals surface area contributed by atoms with E-state index in [1.54, 1.807) is 17.4 Å². The fourth-order valence-electron chi connectivity index (χ4n) is 2.95. The molecule has 0 saturated carbocycles. The Morgan fingerprint density at radius 3 is 2.70 bits per heavy atom. The summed E-state index contributed by atoms with van der Waals surface area (Å²) < 4.78 is 0. The lowest BCUT2D eigenvalue weighted by atomic mass is 10.2. The van der Waals surface area contributed by atoms with E-state index in [4.69, 9.17) is 0 Å². The van der Waals surface area contributed by atoms with Crippen LogP contribution in [0.3, 0.4) is 0 Å². The van der Waals surface area contributed by atoms with Crippen molar-refractivity contribution in [3.63, 3.8) is 0 Å². The van der Waals surface area contributed by atoms with Crippen LogP contribution in [0.15, 0.2) is 66.0 Å². The fourth-order valence-corrected chi connectivity index (χ4v) is 3.60. The summed E-state index contributed by atoms with van der Waals surface area (Å²) in [6, 6.07) is 17.3. The molecule has 0 fully saturated rings. The van der Waals surface area contributed by atoms with Crippen molar-refractivity contribution in [2.75, 3.05) is 18.4 Å². The lowest BCUT2D eigenvalue weighted by Gasteiger charge is -2.11. The van der Waals surface area contributed by atoms with E-state index in [1.165, 1.54) is 18.2 Å². The van der Waals surface area contributed by atoms with E-state index < -0.39 is 4.92 Å². The monoisotopic (exact) mass is 419 g/mol. The molecule has 0 bridgehead atoms. The number of thiophene rings is 1. The van der Waals surface area contributed by atoms with Gasteiger partial charge in [0.05, 0.1) is 15.3 Å². The number of nitro groups is 1. The van der Waals surface area contributed by atoms with Crippen LogP contribution in [-0.2, 0) is 0 Å². The molecule has 2 heterocycles. The third-order valence-corrected chi connectivity index (χ3v) is 5.23. The van der Waals surface area contributed by atoms with Crippen molar-refractivity contribution >= 4 is 39.7 Å². The van der Waals surface area contributed by atoms with Gasteiger partial charge in [0.15, 0.2) is 5.82 Å². The number of fused-ring (bicyclic) bond motifs is 1. The van der Waals surface area contributed by atoms with Crippen LogP contribution in [0, 0.1) is 10.1 Å². The maximum atomic E-state index is 12.3. The average Bonchev–Trinajstić information content (AvgIpc) is 3.31. The fraction of sp³-hybridized carbons (Fsp3) is 0.0952. The molecule has 0 spiro atoms. The molecule has 4 rings (SSSR count). The zero-order valence-electron chi connectivity index (χ0n) is 15.7. The molecule has 2 aromatic carbocycles. The number of benzene rings is 2. The highest BCUT2D eigenvalue weighted by molar-refractivity contribution is 7.13. The SMILES string of the molecule is O=C(NCCNc1nc(-c2cccs2)nc2ccccc12)c1cccc([N+](=O)[O-])c1. The Morgan fingerprint density at radius 1 is 1.03 bits per heavy atom. The van der Waals surface area contributed by atoms with Crippen LogP contribution in [0.1, 0.15) is 10.4 Å². The standard InChI is InChI=1S/C21H17N5O3S/c27-21(14-5-3-6-15(13-14)26(28)29)23-11-10-22-19-16-7-1-2-8-17(16)24-20(25-19)18-9-4-12-30-18/h1-9,12-13H,10-11H2,(H,23,27)(H,22,24,25). The van der Waals surface area contributed by atoms with Gasteiger partial charge in [-0.15, -0.1) is 11.3 Å². The van der Waals surface area contributed by atoms with Gasteiger partial charge in [-0.3, -0.25) is 14.9 Å². The molecule has 150 valence electrons. The van der Waals surface area contributed by atoms with Crippen LogP contribution in [0.25, 0.3) is 21.6 Å². The number of nitro benzene ring substituents is 1. The van der Waals surface area contributed by atoms with Gasteiger partial charge in [-0.2, -0.15) is 0 Å². The normalized spacial score (nSPS) is 10.7. The quantitative estimate of drug-likeness (QED) is 0.265. The molecule has 4 aromatic rings. The Hall–Kier alpha value is -3.85. The third kappa shape index (κ3) is 4.26. The van der Waals surface area contributed by atoms with E-state index in [2.05, 4.69) is 20.6 Å². The number of aromatic nitrogens is 2. The first-order chi connectivity index (χ1) is 14.6. The Bertz CT molecular complexity index is 1210. The molecule has 0 aliphatic carbocycles. The Kier molecular flexibility index (Phi) is 5.62. The number of anilines is 1. The van der Waals surface area contributed by atoms with E-state index in [0.29, 0.717) is 24.7 Å². The highest BCUT2D eigenvalue weighted by Gasteiger charge is 2.12. The predicted molar refractivity (Wildman–Crippen MR) is 117 cm³/mol. The Labute approximate surface area is 175 Å². The number of hydrogen-bond donors (Lipinski definition) is 2. The summed E-state index contributed by atoms with van der Waals surface area (Å²) in [5.74, 6) is 0.966. The summed E-state index contributed by atoms with van der Waals surface area (Å²) in [7, 11) is 0. The zero-order valence-corrected chi connectivity index (χ0v) is 16.6. The van der Waals surface area contributed by atoms with Crippen molar-refractivity contribution in [2.24, 2.45) is 0 Å². The molecule has 30 heavy (non-hydrogen) atoms. The first-order valence-electron chi connectivity index (χ1n) is 9.19. The molecular weight excluding hydrogens is 402 g/mol. The second kappa shape index (κ2) is 8.66. The molecule has 2 aromatic heterocycles. The molecular formula is C21H17N5O3S. The lowest BCUT2D eigenvalue weighted by Crippen LogP contribution is -2.29. The number of carbonyl (C=O) groups excluding carboxylic acids is 1. The van der Waals surface area contributed by atoms with E-state index in [1.807, 2.05) is 41.8 Å². The van der Waals surface area contributed by atoms with Crippen LogP contribution in [0.4, 0.5) is 11.5 Å². The lowest BCUT2D eigenvalue weighted by molar-refractivity contribution is -0.384. The van der Waals surface area contributed by atoms with Crippen molar-refractivity contribution in [2.45, 2.75) is 0 Å². The minimum absolute atomic E-state index is 0.116. The molecule has 0 aliphatic heterocycles. The second-order valence-corrected chi connectivity index (χ2v) is 7.33. The summed E-state index contributed by atoms with van der Waals surface area (Å²) in [4.78, 5) is 32.9. The van der Waals surface area contributed by atoms with Crippen molar-refractivity contribution in [1.29, 1.82) is 0 Å². The maximum Gasteiger partial charge on any atom is 0.270 e. The third-order valence-electron chi connectivity index (χ3n) is 4.37. The van der Waals surface area contributed by atoms with Gasteiger partial charge in [0, 0.05) is 36.2 Å². The van der Waals surface area contributed by atoms with Gasteiger partial charge in [-0.1, -0.05) is 24.3 Å². The van der Waals surface area contributed by atoms with Gasteiger partial charge >= 0.3 is 0 Å². The van der Waals surface area contributed by atoms with Gasteiger partial charge in [-0.05, 0) is 29.6 Å². The van der Waals surface area contributed by atoms with Crippen LogP contribution >= 0.6 is 11.3 Å². The van der Waals surface area contributed by atoms with Crippen molar-refractivity contribution < 1.29 is 9.72 Å². The summed E-state index contributed by atoms with van der Waals surface area (Å²) in [5.41, 5.74) is 0.963. The topological polar surface area (TPSA) is 110 Å². The molecule has 1 amide bonds. The van der Waals surface area contributed by atoms with Crippen molar-refractivity contribution in [3.05, 3.63) is 81.7 Å². The predicted octanol–water partition coefficient (Wildman–Crippen LogP) is 4.11. The molecule has 8 nitrogen and oxygen atoms in total. The maximum absolute atomic E-state index is 12.3. The van der Waals surface area contributed by atoms with Gasteiger partial charge < -0.3 is 10.6 Å². The highest BCUT2D eigenvalue weighted by atomic mass is 32.1. The molecule has 0 atom stereocenters. The van der Waals surface area contributed by atoms with E-state index in [-0.39, 0.29) is 17.2 Å². The van der Waals surface area contributed by atoms with Crippen molar-refractivity contribution in [3.8, 4) is 10.7 Å². The number of nitrogens with zero attached hydrogens (tertiary/aromatic N) is 3. The second-order valence-electron chi connectivity index (χ2n) is 6.38. The van der Waals surface area contributed by atoms with Crippen molar-refractivity contribution in [1.82, 2.24) is 15.3 Å². The summed E-state index contributed by atoms with van der Waals surface area (Å²) in [6.07, 6.45) is 0. The first-order valence-corrected chi connectivity index (χ1v) is 10.1. The van der Waals surface area contributed by atoms with E-state index in [9.17, 15) is 14.9 Å². The highest BCUT2D eigenvalue weighted by Crippen LogP contribution is 2.27. The number of hydrogen-bond acceptors (Lipinski definition) is 7. The van der Waals surface area contributed by atoms with Crippen LogP contribution in [0.2, 0.25) is 0 Å².